The third kappa shape index (κ3) is 65.8. The number of hydrogen-bond acceptors (Lipinski definition) is 6. The largest absolute Gasteiger partial charge is 2.00 e. The van der Waals surface area contributed by atoms with Crippen LogP contribution in [0.1, 0.15) is 135 Å². The topological polar surface area (TPSA) is 189 Å². The zero-order chi connectivity index (χ0) is 22.2. The van der Waals surface area contributed by atoms with E-state index in [0.717, 1.165) is 12.8 Å². The average molecular weight is 551 g/mol. The normalized spacial score (nSPS) is 9.82. The first-order valence-electron chi connectivity index (χ1n) is 11.7. The summed E-state index contributed by atoms with van der Waals surface area (Å²) in [5, 5.41) is 10.3. The molecule has 0 spiro atoms. The van der Waals surface area contributed by atoms with Gasteiger partial charge in [-0.1, -0.05) is 122 Å². The van der Waals surface area contributed by atoms with E-state index in [0.29, 0.717) is 0 Å². The maximum atomic E-state index is 10.3. The first kappa shape index (κ1) is 48.1. The van der Waals surface area contributed by atoms with Crippen molar-refractivity contribution in [1.82, 2.24) is 0 Å². The fraction of sp³-hybridized carbons (Fsp3) is 0.955. The Morgan fingerprint density at radius 1 is 0.545 bits per heavy atom. The van der Waals surface area contributed by atoms with Crippen LogP contribution >= 0.6 is 7.82 Å². The summed E-state index contributed by atoms with van der Waals surface area (Å²) in [5.41, 5.74) is 0. The molecule has 8 nitrogen and oxygen atoms in total. The molecular weight excluding hydrogens is 503 g/mol. The minimum Gasteiger partial charge on any atom is -0.822 e. The molecule has 0 heterocycles. The van der Waals surface area contributed by atoms with Gasteiger partial charge in [0.2, 0.25) is 0 Å². The zero-order valence-corrected chi connectivity index (χ0v) is 26.3. The molecule has 0 aromatic rings. The van der Waals surface area contributed by atoms with Crippen LogP contribution in [0.5, 0.6) is 0 Å². The summed E-state index contributed by atoms with van der Waals surface area (Å²) in [5.74, 6) is -0.901. The molecule has 11 heteroatoms. The zero-order valence-electron chi connectivity index (χ0n) is 21.0. The summed E-state index contributed by atoms with van der Waals surface area (Å²) in [7, 11) is -5.39. The molecule has 0 unspecified atom stereocenters. The molecule has 0 saturated heterocycles. The number of carboxylic acid groups (broad SMARTS) is 1. The van der Waals surface area contributed by atoms with Crippen LogP contribution in [0.4, 0.5) is 0 Å². The quantitative estimate of drug-likeness (QED) is 0.125. The molecule has 0 aromatic carbocycles. The van der Waals surface area contributed by atoms with Crippen LogP contribution in [0, 0.1) is 0 Å². The van der Waals surface area contributed by atoms with Gasteiger partial charge in [-0.2, -0.15) is 7.82 Å². The number of carboxylic acids is 1. The first-order valence-corrected chi connectivity index (χ1v) is 13.2. The predicted molar refractivity (Wildman–Crippen MR) is 129 cm³/mol. The Kier molecular flexibility index (Phi) is 56.2. The number of rotatable bonds is 20. The second-order valence-electron chi connectivity index (χ2n) is 7.93. The molecule has 0 aliphatic carbocycles. The van der Waals surface area contributed by atoms with Gasteiger partial charge in [0.05, 0.1) is 0 Å². The maximum absolute atomic E-state index is 10.3. The van der Waals surface area contributed by atoms with E-state index in [9.17, 15) is 9.90 Å². The maximum Gasteiger partial charge on any atom is 2.00 e. The number of phosphoric acid groups is 1. The van der Waals surface area contributed by atoms with Gasteiger partial charge >= 0.3 is 75.5 Å². The van der Waals surface area contributed by atoms with E-state index in [4.69, 9.17) is 19.2 Å². The van der Waals surface area contributed by atoms with Crippen LogP contribution in [0.25, 0.3) is 0 Å². The Bertz CT molecular complexity index is 390. The molecule has 0 aliphatic rings. The first-order chi connectivity index (χ1) is 13.8. The van der Waals surface area contributed by atoms with Crippen LogP contribution in [0.3, 0.4) is 0 Å². The molecule has 0 amide bonds. The van der Waals surface area contributed by atoms with E-state index in [1.807, 2.05) is 0 Å². The van der Waals surface area contributed by atoms with Gasteiger partial charge in [-0.25, -0.2) is 0 Å². The SMILES string of the molecule is CCCCCCCCCCCCCCCCCCCCCC(=O)[O-].O.O.O=P([O-])([O-])[O-].[Ca+2].[Ca+2]. The summed E-state index contributed by atoms with van der Waals surface area (Å²) < 4.78 is 8.55. The third-order valence-corrected chi connectivity index (χ3v) is 4.98. The molecule has 0 aromatic heterocycles. The molecule has 0 atom stereocenters. The van der Waals surface area contributed by atoms with Crippen LogP contribution in [-0.4, -0.2) is 92.4 Å². The van der Waals surface area contributed by atoms with Crippen LogP contribution in [0.2, 0.25) is 0 Å². The van der Waals surface area contributed by atoms with Gasteiger partial charge in [0.1, 0.15) is 0 Å². The van der Waals surface area contributed by atoms with E-state index in [1.165, 1.54) is 109 Å². The second-order valence-corrected chi connectivity index (χ2v) is 8.83. The molecular formula is C22H47Ca2O8P. The standard InChI is InChI=1S/C22H44O2.2Ca.H3O4P.2H2O/c1-2-3-4-5-6-7-8-9-10-11-12-13-14-15-16-17-18-19-20-21-22(23)24;;;1-5(2,3)4;;/h2-21H2,1H3,(H,23,24);;;(H3,1,2,3,4);2*1H2/q;2*+2;;;/p-4. The fourth-order valence-corrected chi connectivity index (χ4v) is 3.35. The van der Waals surface area contributed by atoms with Crippen LogP contribution in [0.15, 0.2) is 0 Å². The van der Waals surface area contributed by atoms with Gasteiger partial charge in [-0.3, -0.25) is 0 Å². The fourth-order valence-electron chi connectivity index (χ4n) is 3.35. The Labute approximate surface area is 261 Å². The van der Waals surface area contributed by atoms with E-state index in [-0.39, 0.29) is 92.8 Å². The Balaban J connectivity index is -0.000000182. The molecule has 4 N–H and O–H groups in total. The Hall–Kier alpha value is 2.02. The van der Waals surface area contributed by atoms with Crippen molar-refractivity contribution in [2.75, 3.05) is 0 Å². The van der Waals surface area contributed by atoms with Crippen molar-refractivity contribution in [3.63, 3.8) is 0 Å². The predicted octanol–water partition coefficient (Wildman–Crippen LogP) is 1.32. The van der Waals surface area contributed by atoms with Crippen LogP contribution < -0.4 is 19.8 Å². The van der Waals surface area contributed by atoms with Crippen molar-refractivity contribution in [2.24, 2.45) is 0 Å². The minimum atomic E-state index is -5.39. The summed E-state index contributed by atoms with van der Waals surface area (Å²) in [4.78, 5) is 35.9. The van der Waals surface area contributed by atoms with E-state index < -0.39 is 13.8 Å². The molecule has 192 valence electrons. The number of carbonyl (C=O) groups is 1. The van der Waals surface area contributed by atoms with Crippen molar-refractivity contribution in [3.05, 3.63) is 0 Å². The number of aliphatic carboxylic acids is 1. The van der Waals surface area contributed by atoms with Crippen molar-refractivity contribution in [1.29, 1.82) is 0 Å². The van der Waals surface area contributed by atoms with Gasteiger partial charge in [0.15, 0.2) is 0 Å². The third-order valence-electron chi connectivity index (χ3n) is 4.98. The number of unbranched alkanes of at least 4 members (excludes halogenated alkanes) is 18. The minimum absolute atomic E-state index is 0. The molecule has 33 heavy (non-hydrogen) atoms. The van der Waals surface area contributed by atoms with Gasteiger partial charge < -0.3 is 40.1 Å². The second kappa shape index (κ2) is 38.5. The Morgan fingerprint density at radius 3 is 0.909 bits per heavy atom. The van der Waals surface area contributed by atoms with Crippen molar-refractivity contribution in [3.8, 4) is 0 Å². The van der Waals surface area contributed by atoms with Gasteiger partial charge in [0.25, 0.3) is 0 Å². The van der Waals surface area contributed by atoms with Gasteiger partial charge in [-0.05, 0) is 12.8 Å². The molecule has 0 bridgehead atoms. The molecule has 0 fully saturated rings. The summed E-state index contributed by atoms with van der Waals surface area (Å²) in [6.07, 6.45) is 25.7. The molecule has 0 rings (SSSR count). The van der Waals surface area contributed by atoms with E-state index >= 15 is 0 Å². The smallest absolute Gasteiger partial charge is 0.822 e. The van der Waals surface area contributed by atoms with Crippen molar-refractivity contribution in [2.45, 2.75) is 135 Å². The van der Waals surface area contributed by atoms with Crippen LogP contribution in [-0.2, 0) is 9.36 Å². The Morgan fingerprint density at radius 2 is 0.727 bits per heavy atom. The number of carbonyl (C=O) groups excluding carboxylic acids is 1. The average Bonchev–Trinajstić information content (AvgIpc) is 2.62. The summed E-state index contributed by atoms with van der Waals surface area (Å²) >= 11 is 0. The van der Waals surface area contributed by atoms with E-state index in [1.54, 1.807) is 0 Å². The molecule has 0 saturated carbocycles. The summed E-state index contributed by atoms with van der Waals surface area (Å²) in [6, 6.07) is 0. The summed E-state index contributed by atoms with van der Waals surface area (Å²) in [6.45, 7) is 2.28. The van der Waals surface area contributed by atoms with Gasteiger partial charge in [-0.15, -0.1) is 0 Å². The number of hydrogen-bond donors (Lipinski definition) is 0. The van der Waals surface area contributed by atoms with Gasteiger partial charge in [0, 0.05) is 5.97 Å². The van der Waals surface area contributed by atoms with Crippen molar-refractivity contribution >= 4 is 89.3 Å². The molecule has 0 radical (unpaired) electrons. The van der Waals surface area contributed by atoms with E-state index in [2.05, 4.69) is 6.92 Å². The monoisotopic (exact) mass is 550 g/mol. The van der Waals surface area contributed by atoms with Crippen molar-refractivity contribution < 1.29 is 40.1 Å². The molecule has 0 aliphatic heterocycles.